The number of fused-ring (bicyclic) bond motifs is 1. The topological polar surface area (TPSA) is 56.5 Å². The molecule has 0 aliphatic carbocycles. The molecule has 0 N–H and O–H groups in total. The molecule has 8 heteroatoms. The van der Waals surface area contributed by atoms with E-state index in [9.17, 15) is 4.79 Å². The van der Waals surface area contributed by atoms with Crippen LogP contribution in [0.3, 0.4) is 0 Å². The van der Waals surface area contributed by atoms with E-state index in [1.165, 1.54) is 15.9 Å². The van der Waals surface area contributed by atoms with Gasteiger partial charge in [0.1, 0.15) is 5.75 Å². The molecule has 2 aromatic carbocycles. The molecule has 5 nitrogen and oxygen atoms in total. The monoisotopic (exact) mass is 431 g/mol. The van der Waals surface area contributed by atoms with E-state index in [0.717, 1.165) is 17.7 Å². The van der Waals surface area contributed by atoms with E-state index in [0.29, 0.717) is 37.5 Å². The largest absolute Gasteiger partial charge is 0.494 e. The summed E-state index contributed by atoms with van der Waals surface area (Å²) >= 11 is 13.4. The van der Waals surface area contributed by atoms with Crippen LogP contribution in [0.5, 0.6) is 5.75 Å². The van der Waals surface area contributed by atoms with Gasteiger partial charge in [0.05, 0.1) is 16.2 Å². The fraction of sp³-hybridized carbons (Fsp3) is 0.150. The van der Waals surface area contributed by atoms with Crippen molar-refractivity contribution in [3.63, 3.8) is 0 Å². The number of aromatic nitrogens is 3. The van der Waals surface area contributed by atoms with E-state index in [1.807, 2.05) is 30.3 Å². The highest BCUT2D eigenvalue weighted by Crippen LogP contribution is 2.28. The summed E-state index contributed by atoms with van der Waals surface area (Å²) in [5.41, 5.74) is 1.33. The molecule has 0 aliphatic heterocycles. The summed E-state index contributed by atoms with van der Waals surface area (Å²) in [6.45, 7) is 2.74. The quantitative estimate of drug-likeness (QED) is 0.467. The Labute approximate surface area is 174 Å². The van der Waals surface area contributed by atoms with Crippen molar-refractivity contribution in [1.29, 1.82) is 0 Å². The lowest BCUT2D eigenvalue weighted by molar-refractivity contribution is 0.317. The van der Waals surface area contributed by atoms with Crippen molar-refractivity contribution < 1.29 is 4.74 Å². The Hall–Kier alpha value is -2.41. The van der Waals surface area contributed by atoms with Crippen molar-refractivity contribution in [2.24, 2.45) is 0 Å². The molecule has 0 amide bonds. The smallest absolute Gasteiger partial charge is 0.291 e. The minimum atomic E-state index is -0.213. The molecule has 0 unspecified atom stereocenters. The molecular formula is C20H15Cl2N3O2S. The molecule has 4 rings (SSSR count). The highest BCUT2D eigenvalue weighted by molar-refractivity contribution is 7.15. The average molecular weight is 432 g/mol. The van der Waals surface area contributed by atoms with Crippen molar-refractivity contribution in [1.82, 2.24) is 14.6 Å². The maximum Gasteiger partial charge on any atom is 0.291 e. The predicted octanol–water partition coefficient (Wildman–Crippen LogP) is 4.46. The predicted molar refractivity (Wildman–Crippen MR) is 114 cm³/mol. The lowest BCUT2D eigenvalue weighted by atomic mass is 10.2. The Morgan fingerprint density at radius 1 is 1.18 bits per heavy atom. The third-order valence-electron chi connectivity index (χ3n) is 4.00. The van der Waals surface area contributed by atoms with Crippen molar-refractivity contribution in [2.45, 2.75) is 13.3 Å². The van der Waals surface area contributed by atoms with Gasteiger partial charge in [0.15, 0.2) is 5.82 Å². The number of hydrogen-bond acceptors (Lipinski definition) is 5. The molecule has 142 valence electrons. The van der Waals surface area contributed by atoms with Gasteiger partial charge < -0.3 is 4.74 Å². The van der Waals surface area contributed by atoms with E-state index in [4.69, 9.17) is 27.9 Å². The minimum absolute atomic E-state index is 0.213. The maximum absolute atomic E-state index is 12.7. The van der Waals surface area contributed by atoms with E-state index >= 15 is 0 Å². The summed E-state index contributed by atoms with van der Waals surface area (Å²) in [4.78, 5) is 17.6. The Kier molecular flexibility index (Phi) is 5.35. The summed E-state index contributed by atoms with van der Waals surface area (Å²) < 4.78 is 7.44. The second-order valence-electron chi connectivity index (χ2n) is 6.09. The van der Waals surface area contributed by atoms with Crippen LogP contribution in [0.15, 0.2) is 47.3 Å². The summed E-state index contributed by atoms with van der Waals surface area (Å²) in [6, 6.07) is 12.7. The Morgan fingerprint density at radius 2 is 1.96 bits per heavy atom. The zero-order valence-corrected chi connectivity index (χ0v) is 17.2. The van der Waals surface area contributed by atoms with E-state index < -0.39 is 0 Å². The van der Waals surface area contributed by atoms with Gasteiger partial charge in [-0.2, -0.15) is 9.50 Å². The summed E-state index contributed by atoms with van der Waals surface area (Å²) in [5.74, 6) is 1.21. The highest BCUT2D eigenvalue weighted by atomic mass is 35.5. The molecular weight excluding hydrogens is 417 g/mol. The van der Waals surface area contributed by atoms with Gasteiger partial charge in [-0.25, -0.2) is 0 Å². The summed E-state index contributed by atoms with van der Waals surface area (Å²) in [5, 5.41) is 5.29. The standard InChI is InChI=1S/C20H15Cl2N3O2S/c1-2-9-27-14-6-3-12(4-7-14)10-17-19(26)25-20(28-17)23-18(24-25)15-8-5-13(21)11-16(15)22/h3-8,10-11H,2,9H2,1H3. The normalized spacial score (nSPS) is 12.0. The van der Waals surface area contributed by atoms with Gasteiger partial charge in [-0.3, -0.25) is 4.79 Å². The Bertz CT molecular complexity index is 1250. The lowest BCUT2D eigenvalue weighted by Crippen LogP contribution is -2.23. The number of halogens is 2. The highest BCUT2D eigenvalue weighted by Gasteiger charge is 2.14. The average Bonchev–Trinajstić information content (AvgIpc) is 3.21. The Morgan fingerprint density at radius 3 is 2.64 bits per heavy atom. The van der Waals surface area contributed by atoms with Gasteiger partial charge in [-0.15, -0.1) is 5.10 Å². The minimum Gasteiger partial charge on any atom is -0.494 e. The van der Waals surface area contributed by atoms with Gasteiger partial charge in [0, 0.05) is 10.6 Å². The molecule has 0 atom stereocenters. The van der Waals surface area contributed by atoms with Crippen LogP contribution in [0.25, 0.3) is 22.4 Å². The molecule has 0 saturated heterocycles. The van der Waals surface area contributed by atoms with Gasteiger partial charge in [-0.1, -0.05) is 53.6 Å². The van der Waals surface area contributed by atoms with Crippen LogP contribution in [-0.2, 0) is 0 Å². The van der Waals surface area contributed by atoms with E-state index in [1.54, 1.807) is 18.2 Å². The molecule has 0 radical (unpaired) electrons. The first kappa shape index (κ1) is 18.9. The SMILES string of the molecule is CCCOc1ccc(C=c2sc3nc(-c4ccc(Cl)cc4Cl)nn3c2=O)cc1. The summed E-state index contributed by atoms with van der Waals surface area (Å²) in [7, 11) is 0. The third-order valence-corrected chi connectivity index (χ3v) is 5.51. The second-order valence-corrected chi connectivity index (χ2v) is 7.94. The first-order chi connectivity index (χ1) is 13.5. The number of hydrogen-bond donors (Lipinski definition) is 0. The maximum atomic E-state index is 12.7. The van der Waals surface area contributed by atoms with Gasteiger partial charge in [0.2, 0.25) is 4.96 Å². The molecule has 0 saturated carbocycles. The second kappa shape index (κ2) is 7.91. The van der Waals surface area contributed by atoms with Crippen LogP contribution < -0.4 is 14.8 Å². The first-order valence-electron chi connectivity index (χ1n) is 8.65. The van der Waals surface area contributed by atoms with E-state index in [2.05, 4.69) is 17.0 Å². The van der Waals surface area contributed by atoms with Crippen LogP contribution in [0.4, 0.5) is 0 Å². The van der Waals surface area contributed by atoms with Gasteiger partial charge >= 0.3 is 0 Å². The lowest BCUT2D eigenvalue weighted by Gasteiger charge is -2.03. The van der Waals surface area contributed by atoms with Crippen LogP contribution in [0.1, 0.15) is 18.9 Å². The fourth-order valence-corrected chi connectivity index (χ4v) is 4.05. The summed E-state index contributed by atoms with van der Waals surface area (Å²) in [6.07, 6.45) is 2.78. The molecule has 2 aromatic heterocycles. The van der Waals surface area contributed by atoms with Crippen LogP contribution in [0, 0.1) is 0 Å². The first-order valence-corrected chi connectivity index (χ1v) is 10.2. The number of rotatable bonds is 5. The van der Waals surface area contributed by atoms with Crippen LogP contribution >= 0.6 is 34.5 Å². The van der Waals surface area contributed by atoms with Crippen LogP contribution in [0.2, 0.25) is 10.0 Å². The third kappa shape index (κ3) is 3.76. The molecule has 0 bridgehead atoms. The van der Waals surface area contributed by atoms with Gasteiger partial charge in [0.25, 0.3) is 5.56 Å². The van der Waals surface area contributed by atoms with E-state index in [-0.39, 0.29) is 5.56 Å². The number of nitrogens with zero attached hydrogens (tertiary/aromatic N) is 3. The molecule has 0 aliphatic rings. The van der Waals surface area contributed by atoms with Crippen molar-refractivity contribution in [3.8, 4) is 17.1 Å². The van der Waals surface area contributed by atoms with Crippen molar-refractivity contribution in [3.05, 3.63) is 73.0 Å². The fourth-order valence-electron chi connectivity index (χ4n) is 2.65. The Balaban J connectivity index is 1.68. The number of ether oxygens (including phenoxy) is 1. The van der Waals surface area contributed by atoms with Gasteiger partial charge in [-0.05, 0) is 48.4 Å². The van der Waals surface area contributed by atoms with Crippen molar-refractivity contribution in [2.75, 3.05) is 6.61 Å². The number of benzene rings is 2. The van der Waals surface area contributed by atoms with Crippen molar-refractivity contribution >= 4 is 45.6 Å². The van der Waals surface area contributed by atoms with Crippen LogP contribution in [-0.4, -0.2) is 21.2 Å². The molecule has 4 aromatic rings. The molecule has 28 heavy (non-hydrogen) atoms. The molecule has 0 spiro atoms. The zero-order chi connectivity index (χ0) is 19.7. The molecule has 2 heterocycles. The number of thiazole rings is 1. The molecule has 0 fully saturated rings. The zero-order valence-electron chi connectivity index (χ0n) is 14.9.